The monoisotopic (exact) mass is 538 g/mol. The molecule has 13 nitrogen and oxygen atoms in total. The molecule has 38 heavy (non-hydrogen) atoms. The Balaban J connectivity index is 0.000000211. The Morgan fingerprint density at radius 1 is 0.974 bits per heavy atom. The van der Waals surface area contributed by atoms with Gasteiger partial charge in [0.15, 0.2) is 0 Å². The Hall–Kier alpha value is -2.81. The van der Waals surface area contributed by atoms with Crippen LogP contribution in [0.5, 0.6) is 0 Å². The first-order chi connectivity index (χ1) is 17.8. The summed E-state index contributed by atoms with van der Waals surface area (Å²) in [7, 11) is 0. The zero-order valence-corrected chi connectivity index (χ0v) is 22.1. The fourth-order valence-corrected chi connectivity index (χ4v) is 4.75. The normalized spacial score (nSPS) is 33.1. The van der Waals surface area contributed by atoms with E-state index in [0.717, 1.165) is 0 Å². The number of carbonyl (C=O) groups excluding carboxylic acids is 1. The molecule has 2 saturated heterocycles. The highest BCUT2D eigenvalue weighted by molar-refractivity contribution is 5.94. The summed E-state index contributed by atoms with van der Waals surface area (Å²) in [5.74, 6) is 0.266. The molecule has 1 aromatic heterocycles. The van der Waals surface area contributed by atoms with Gasteiger partial charge in [0.25, 0.3) is 11.5 Å². The molecule has 1 aromatic rings. The number of hydrogen-bond donors (Lipinski definition) is 6. The summed E-state index contributed by atoms with van der Waals surface area (Å²) in [6, 6.07) is 0. The van der Waals surface area contributed by atoms with Crippen LogP contribution in [0.25, 0.3) is 0 Å². The van der Waals surface area contributed by atoms with E-state index in [4.69, 9.17) is 9.47 Å². The minimum Gasteiger partial charge on any atom is -0.396 e. The number of ether oxygens (including phenoxy) is 2. The SMILES string of the molecule is C=C1NC(=O)C(C)=CN1[C@H]1C[C@](C)(CO)[C@@H](CO)O1.Cc1cn([C@@H]2C[C@](C)(CO)[C@@H](CO)O2)c(=O)[nH]c1=O. The maximum atomic E-state index is 11.8. The molecule has 6 atom stereocenters. The number of amides is 1. The second-order valence-corrected chi connectivity index (χ2v) is 10.7. The summed E-state index contributed by atoms with van der Waals surface area (Å²) < 4.78 is 12.7. The average molecular weight is 539 g/mol. The highest BCUT2D eigenvalue weighted by Gasteiger charge is 2.47. The van der Waals surface area contributed by atoms with Crippen molar-refractivity contribution in [3.63, 3.8) is 0 Å². The van der Waals surface area contributed by atoms with Crippen molar-refractivity contribution >= 4 is 5.91 Å². The van der Waals surface area contributed by atoms with Gasteiger partial charge in [0, 0.05) is 47.2 Å². The number of H-pyrrole nitrogens is 1. The molecule has 0 bridgehead atoms. The van der Waals surface area contributed by atoms with Crippen molar-refractivity contribution in [3.8, 4) is 0 Å². The molecule has 3 aliphatic heterocycles. The van der Waals surface area contributed by atoms with Crippen molar-refractivity contribution in [2.24, 2.45) is 10.8 Å². The molecule has 0 spiro atoms. The predicted molar refractivity (Wildman–Crippen MR) is 135 cm³/mol. The van der Waals surface area contributed by atoms with Gasteiger partial charge < -0.3 is 40.1 Å². The molecule has 2 fully saturated rings. The van der Waals surface area contributed by atoms with Gasteiger partial charge in [0.05, 0.1) is 38.6 Å². The molecular weight excluding hydrogens is 500 g/mol. The molecular formula is C25H38N4O9. The van der Waals surface area contributed by atoms with Crippen molar-refractivity contribution in [1.82, 2.24) is 19.8 Å². The molecule has 0 aromatic carbocycles. The topological polar surface area (TPSA) is 187 Å². The first kappa shape index (κ1) is 29.7. The summed E-state index contributed by atoms with van der Waals surface area (Å²) in [6.45, 7) is 10.2. The summed E-state index contributed by atoms with van der Waals surface area (Å²) in [5, 5.41) is 40.2. The fourth-order valence-electron chi connectivity index (χ4n) is 4.75. The van der Waals surface area contributed by atoms with E-state index in [-0.39, 0.29) is 38.6 Å². The lowest BCUT2D eigenvalue weighted by Gasteiger charge is -2.32. The number of carbonyl (C=O) groups is 1. The third-order valence-electron chi connectivity index (χ3n) is 7.56. The highest BCUT2D eigenvalue weighted by Crippen LogP contribution is 2.42. The van der Waals surface area contributed by atoms with Gasteiger partial charge in [-0.15, -0.1) is 0 Å². The van der Waals surface area contributed by atoms with Gasteiger partial charge in [-0.3, -0.25) is 19.1 Å². The van der Waals surface area contributed by atoms with Crippen LogP contribution in [0.15, 0.2) is 40.0 Å². The Labute approximate surface area is 220 Å². The standard InChI is InChI=1S/C13H20N2O4.C12H18N2O5/c1-8-5-15(9(2)14-12(8)18)11-4-13(3,7-17)10(6-16)19-11;1-7-4-14(11(18)13-10(7)17)9-3-12(2,6-16)8(5-15)19-9/h5,10-11,16-17H,2,4,6-7H2,1,3H3,(H,14,18);4,8-9,15-16H,3,5-6H2,1-2H3,(H,13,17,18)/t10-,11-,13-;8-,9+,12-/m11/s1. The number of aliphatic hydroxyl groups excluding tert-OH is 4. The molecule has 0 aliphatic carbocycles. The van der Waals surface area contributed by atoms with Gasteiger partial charge >= 0.3 is 5.69 Å². The first-order valence-electron chi connectivity index (χ1n) is 12.4. The third-order valence-corrected chi connectivity index (χ3v) is 7.56. The van der Waals surface area contributed by atoms with Gasteiger partial charge in [0.2, 0.25) is 0 Å². The van der Waals surface area contributed by atoms with Crippen molar-refractivity contribution in [1.29, 1.82) is 0 Å². The molecule has 4 rings (SSSR count). The highest BCUT2D eigenvalue weighted by atomic mass is 16.5. The smallest absolute Gasteiger partial charge is 0.330 e. The van der Waals surface area contributed by atoms with E-state index < -0.39 is 40.5 Å². The molecule has 212 valence electrons. The number of nitrogens with one attached hydrogen (secondary N) is 2. The Morgan fingerprint density at radius 2 is 1.50 bits per heavy atom. The third kappa shape index (κ3) is 5.77. The van der Waals surface area contributed by atoms with Crippen LogP contribution >= 0.6 is 0 Å². The molecule has 6 N–H and O–H groups in total. The van der Waals surface area contributed by atoms with Crippen LogP contribution in [0.2, 0.25) is 0 Å². The molecule has 13 heteroatoms. The van der Waals surface area contributed by atoms with Gasteiger partial charge in [-0.2, -0.15) is 0 Å². The van der Waals surface area contributed by atoms with E-state index in [0.29, 0.717) is 29.8 Å². The van der Waals surface area contributed by atoms with Crippen LogP contribution < -0.4 is 16.6 Å². The Morgan fingerprint density at radius 3 is 2.00 bits per heavy atom. The maximum absolute atomic E-state index is 11.8. The number of rotatable bonds is 6. The summed E-state index contributed by atoms with van der Waals surface area (Å²) in [5.41, 5.74) is -1.12. The fraction of sp³-hybridized carbons (Fsp3) is 0.640. The van der Waals surface area contributed by atoms with Crippen LogP contribution in [0.4, 0.5) is 0 Å². The number of nitrogens with zero attached hydrogens (tertiary/aromatic N) is 2. The summed E-state index contributed by atoms with van der Waals surface area (Å²) in [6.07, 6.45) is 2.14. The first-order valence-corrected chi connectivity index (χ1v) is 12.4. The molecule has 1 amide bonds. The minimum absolute atomic E-state index is 0.0654. The van der Waals surface area contributed by atoms with Gasteiger partial charge in [0.1, 0.15) is 18.3 Å². The second kappa shape index (κ2) is 11.5. The number of aryl methyl sites for hydroxylation is 1. The lowest BCUT2D eigenvalue weighted by molar-refractivity contribution is -0.118. The maximum Gasteiger partial charge on any atom is 0.330 e. The zero-order valence-electron chi connectivity index (χ0n) is 22.1. The van der Waals surface area contributed by atoms with Crippen molar-refractivity contribution in [2.75, 3.05) is 26.4 Å². The van der Waals surface area contributed by atoms with Crippen LogP contribution in [-0.4, -0.2) is 85.6 Å². The average Bonchev–Trinajstić information content (AvgIpc) is 3.41. The number of aliphatic hydroxyl groups is 4. The number of aromatic amines is 1. The minimum atomic E-state index is -0.608. The van der Waals surface area contributed by atoms with E-state index in [1.807, 2.05) is 6.92 Å². The zero-order chi connectivity index (χ0) is 28.4. The van der Waals surface area contributed by atoms with E-state index in [2.05, 4.69) is 16.9 Å². The quantitative estimate of drug-likeness (QED) is 0.263. The van der Waals surface area contributed by atoms with Crippen LogP contribution in [0.3, 0.4) is 0 Å². The van der Waals surface area contributed by atoms with Crippen molar-refractivity contribution in [2.45, 2.75) is 65.2 Å². The van der Waals surface area contributed by atoms with E-state index in [9.17, 15) is 34.8 Å². The van der Waals surface area contributed by atoms with Gasteiger partial charge in [-0.05, 0) is 13.8 Å². The molecule has 4 heterocycles. The molecule has 3 aliphatic rings. The van der Waals surface area contributed by atoms with E-state index >= 15 is 0 Å². The number of aromatic nitrogens is 2. The predicted octanol–water partition coefficient (Wildman–Crippen LogP) is -0.977. The Kier molecular flexibility index (Phi) is 9.01. The molecule has 0 radical (unpaired) electrons. The van der Waals surface area contributed by atoms with Gasteiger partial charge in [-0.25, -0.2) is 4.79 Å². The van der Waals surface area contributed by atoms with Crippen molar-refractivity contribution in [3.05, 3.63) is 56.8 Å². The Bertz CT molecular complexity index is 1190. The van der Waals surface area contributed by atoms with Crippen LogP contribution in [0, 0.1) is 17.8 Å². The number of hydrogen-bond acceptors (Lipinski definition) is 10. The second-order valence-electron chi connectivity index (χ2n) is 10.7. The summed E-state index contributed by atoms with van der Waals surface area (Å²) >= 11 is 0. The molecule has 0 unspecified atom stereocenters. The lowest BCUT2D eigenvalue weighted by Crippen LogP contribution is -2.42. The largest absolute Gasteiger partial charge is 0.396 e. The molecule has 0 saturated carbocycles. The van der Waals surface area contributed by atoms with E-state index in [1.54, 1.807) is 31.9 Å². The summed E-state index contributed by atoms with van der Waals surface area (Å²) in [4.78, 5) is 38.5. The van der Waals surface area contributed by atoms with E-state index in [1.165, 1.54) is 10.8 Å². The lowest BCUT2D eigenvalue weighted by atomic mass is 9.84. The van der Waals surface area contributed by atoms with Crippen LogP contribution in [-0.2, 0) is 14.3 Å². The van der Waals surface area contributed by atoms with Gasteiger partial charge in [-0.1, -0.05) is 20.4 Å². The van der Waals surface area contributed by atoms with Crippen molar-refractivity contribution < 1.29 is 34.7 Å². The van der Waals surface area contributed by atoms with Crippen LogP contribution in [0.1, 0.15) is 45.4 Å².